The van der Waals surface area contributed by atoms with Crippen molar-refractivity contribution in [3.63, 3.8) is 0 Å². The Kier molecular flexibility index (Phi) is 6.19. The maximum Gasteiger partial charge on any atom is 0.257 e. The molecule has 2 heterocycles. The number of nitrogens with one attached hydrogen (secondary N) is 1. The fourth-order valence-electron chi connectivity index (χ4n) is 3.17. The van der Waals surface area contributed by atoms with Crippen LogP contribution in [0.4, 0.5) is 11.4 Å². The Labute approximate surface area is 165 Å². The van der Waals surface area contributed by atoms with Gasteiger partial charge in [0, 0.05) is 43.5 Å². The maximum absolute atomic E-state index is 12.7. The summed E-state index contributed by atoms with van der Waals surface area (Å²) >= 11 is 6.13. The molecule has 0 radical (unpaired) electrons. The number of nitrogens with zero attached hydrogens (tertiary/aromatic N) is 3. The zero-order valence-electron chi connectivity index (χ0n) is 16.0. The van der Waals surface area contributed by atoms with Crippen molar-refractivity contribution in [3.05, 3.63) is 46.7 Å². The van der Waals surface area contributed by atoms with Crippen LogP contribution >= 0.6 is 11.6 Å². The highest BCUT2D eigenvalue weighted by Gasteiger charge is 2.18. The Bertz CT molecular complexity index is 820. The van der Waals surface area contributed by atoms with Gasteiger partial charge < -0.3 is 19.9 Å². The standard InChI is InChI=1S/C20H25ClN4O2/c1-4-24-5-7-25(8-6-24)16-10-15(12-22-13-16)20(26)23-18-9-14(2)17(21)11-19(18)27-3/h9-13H,4-8H2,1-3H3,(H,23,26). The number of anilines is 2. The molecular weight excluding hydrogens is 364 g/mol. The molecule has 1 amide bonds. The molecule has 1 aliphatic rings. The molecule has 0 unspecified atom stereocenters. The van der Waals surface area contributed by atoms with Gasteiger partial charge in [0.2, 0.25) is 0 Å². The predicted molar refractivity (Wildman–Crippen MR) is 109 cm³/mol. The molecule has 7 heteroatoms. The highest BCUT2D eigenvalue weighted by atomic mass is 35.5. The minimum Gasteiger partial charge on any atom is -0.495 e. The molecular formula is C20H25ClN4O2. The Morgan fingerprint density at radius 2 is 1.96 bits per heavy atom. The molecule has 0 bridgehead atoms. The molecule has 27 heavy (non-hydrogen) atoms. The third kappa shape index (κ3) is 4.51. The summed E-state index contributed by atoms with van der Waals surface area (Å²) in [6.45, 7) is 9.04. The van der Waals surface area contributed by atoms with E-state index in [9.17, 15) is 4.79 Å². The van der Waals surface area contributed by atoms with Crippen LogP contribution in [0.25, 0.3) is 0 Å². The number of benzene rings is 1. The number of piperazine rings is 1. The predicted octanol–water partition coefficient (Wildman–Crippen LogP) is 3.45. The lowest BCUT2D eigenvalue weighted by atomic mass is 10.1. The first-order valence-electron chi connectivity index (χ1n) is 9.09. The second kappa shape index (κ2) is 8.59. The molecule has 1 aromatic carbocycles. The first-order chi connectivity index (χ1) is 13.0. The lowest BCUT2D eigenvalue weighted by Crippen LogP contribution is -2.46. The van der Waals surface area contributed by atoms with Gasteiger partial charge >= 0.3 is 0 Å². The summed E-state index contributed by atoms with van der Waals surface area (Å²) in [5.74, 6) is 0.301. The van der Waals surface area contributed by atoms with E-state index in [-0.39, 0.29) is 5.91 Å². The molecule has 1 N–H and O–H groups in total. The normalized spacial score (nSPS) is 14.9. The van der Waals surface area contributed by atoms with Crippen LogP contribution in [0.5, 0.6) is 5.75 Å². The van der Waals surface area contributed by atoms with Gasteiger partial charge in [0.1, 0.15) is 5.75 Å². The van der Waals surface area contributed by atoms with Crippen LogP contribution in [0, 0.1) is 6.92 Å². The average Bonchev–Trinajstić information content (AvgIpc) is 2.70. The van der Waals surface area contributed by atoms with Gasteiger partial charge in [0.05, 0.1) is 30.2 Å². The van der Waals surface area contributed by atoms with E-state index < -0.39 is 0 Å². The summed E-state index contributed by atoms with van der Waals surface area (Å²) in [5, 5.41) is 3.50. The summed E-state index contributed by atoms with van der Waals surface area (Å²) in [5.41, 5.74) is 2.94. The number of carbonyl (C=O) groups excluding carboxylic acids is 1. The minimum atomic E-state index is -0.225. The van der Waals surface area contributed by atoms with Crippen LogP contribution in [0.3, 0.4) is 0 Å². The second-order valence-electron chi connectivity index (χ2n) is 6.61. The van der Waals surface area contributed by atoms with E-state index in [0.717, 1.165) is 44.0 Å². The third-order valence-electron chi connectivity index (χ3n) is 4.90. The van der Waals surface area contributed by atoms with Crippen molar-refractivity contribution in [2.24, 2.45) is 0 Å². The smallest absolute Gasteiger partial charge is 0.257 e. The maximum atomic E-state index is 12.7. The number of likely N-dealkylation sites (N-methyl/N-ethyl adjacent to an activating group) is 1. The molecule has 0 atom stereocenters. The van der Waals surface area contributed by atoms with Gasteiger partial charge in [-0.1, -0.05) is 18.5 Å². The second-order valence-corrected chi connectivity index (χ2v) is 7.02. The fraction of sp³-hybridized carbons (Fsp3) is 0.400. The molecule has 0 saturated carbocycles. The molecule has 1 aromatic heterocycles. The zero-order valence-corrected chi connectivity index (χ0v) is 16.7. The molecule has 2 aromatic rings. The van der Waals surface area contributed by atoms with Gasteiger partial charge in [0.15, 0.2) is 0 Å². The number of hydrogen-bond donors (Lipinski definition) is 1. The summed E-state index contributed by atoms with van der Waals surface area (Å²) in [4.78, 5) is 21.7. The molecule has 6 nitrogen and oxygen atoms in total. The number of hydrogen-bond acceptors (Lipinski definition) is 5. The van der Waals surface area contributed by atoms with E-state index in [4.69, 9.17) is 16.3 Å². The zero-order chi connectivity index (χ0) is 19.4. The number of ether oxygens (including phenoxy) is 1. The number of aryl methyl sites for hydroxylation is 1. The van der Waals surface area contributed by atoms with Crippen LogP contribution in [0.15, 0.2) is 30.6 Å². The Morgan fingerprint density at radius 3 is 2.63 bits per heavy atom. The van der Waals surface area contributed by atoms with Crippen molar-refractivity contribution >= 4 is 28.9 Å². The van der Waals surface area contributed by atoms with E-state index in [1.54, 1.807) is 25.4 Å². The van der Waals surface area contributed by atoms with E-state index in [1.165, 1.54) is 0 Å². The molecule has 144 valence electrons. The monoisotopic (exact) mass is 388 g/mol. The van der Waals surface area contributed by atoms with Crippen molar-refractivity contribution in [2.45, 2.75) is 13.8 Å². The van der Waals surface area contributed by atoms with Crippen LogP contribution < -0.4 is 15.0 Å². The molecule has 0 aliphatic carbocycles. The average molecular weight is 389 g/mol. The van der Waals surface area contributed by atoms with Gasteiger partial charge in [-0.25, -0.2) is 0 Å². The first kappa shape index (κ1) is 19.5. The topological polar surface area (TPSA) is 57.7 Å². The number of amides is 1. The largest absolute Gasteiger partial charge is 0.495 e. The number of pyridine rings is 1. The van der Waals surface area contributed by atoms with Crippen LogP contribution in [-0.4, -0.2) is 55.6 Å². The summed E-state index contributed by atoms with van der Waals surface area (Å²) in [6.07, 6.45) is 3.39. The molecule has 1 aliphatic heterocycles. The molecule has 1 saturated heterocycles. The molecule has 3 rings (SSSR count). The van der Waals surface area contributed by atoms with Gasteiger partial charge in [-0.3, -0.25) is 9.78 Å². The van der Waals surface area contributed by atoms with Crippen molar-refractivity contribution in [1.82, 2.24) is 9.88 Å². The van der Waals surface area contributed by atoms with Crippen molar-refractivity contribution < 1.29 is 9.53 Å². The lowest BCUT2D eigenvalue weighted by Gasteiger charge is -2.35. The van der Waals surface area contributed by atoms with Crippen molar-refractivity contribution in [3.8, 4) is 5.75 Å². The quantitative estimate of drug-likeness (QED) is 0.850. The Morgan fingerprint density at radius 1 is 1.22 bits per heavy atom. The highest BCUT2D eigenvalue weighted by Crippen LogP contribution is 2.31. The number of rotatable bonds is 5. The van der Waals surface area contributed by atoms with E-state index in [1.807, 2.05) is 19.2 Å². The van der Waals surface area contributed by atoms with Gasteiger partial charge in [0.25, 0.3) is 5.91 Å². The van der Waals surface area contributed by atoms with Crippen molar-refractivity contribution in [2.75, 3.05) is 50.1 Å². The number of halogens is 1. The third-order valence-corrected chi connectivity index (χ3v) is 5.31. The number of carbonyl (C=O) groups is 1. The summed E-state index contributed by atoms with van der Waals surface area (Å²) in [6, 6.07) is 5.40. The fourth-order valence-corrected chi connectivity index (χ4v) is 3.33. The van der Waals surface area contributed by atoms with Gasteiger partial charge in [-0.05, 0) is 31.2 Å². The first-order valence-corrected chi connectivity index (χ1v) is 9.47. The van der Waals surface area contributed by atoms with Gasteiger partial charge in [-0.15, -0.1) is 0 Å². The summed E-state index contributed by atoms with van der Waals surface area (Å²) < 4.78 is 5.33. The van der Waals surface area contributed by atoms with E-state index >= 15 is 0 Å². The van der Waals surface area contributed by atoms with Crippen LogP contribution in [-0.2, 0) is 0 Å². The molecule has 0 spiro atoms. The van der Waals surface area contributed by atoms with Crippen LogP contribution in [0.1, 0.15) is 22.8 Å². The van der Waals surface area contributed by atoms with Crippen molar-refractivity contribution in [1.29, 1.82) is 0 Å². The number of aromatic nitrogens is 1. The molecule has 1 fully saturated rings. The highest BCUT2D eigenvalue weighted by molar-refractivity contribution is 6.31. The van der Waals surface area contributed by atoms with Gasteiger partial charge in [-0.2, -0.15) is 0 Å². The lowest BCUT2D eigenvalue weighted by molar-refractivity contribution is 0.102. The van der Waals surface area contributed by atoms with Crippen LogP contribution in [0.2, 0.25) is 5.02 Å². The Balaban J connectivity index is 1.76. The van der Waals surface area contributed by atoms with E-state index in [0.29, 0.717) is 22.0 Å². The van der Waals surface area contributed by atoms with E-state index in [2.05, 4.69) is 27.0 Å². The SMILES string of the molecule is CCN1CCN(c2cncc(C(=O)Nc3cc(C)c(Cl)cc3OC)c2)CC1. The minimum absolute atomic E-state index is 0.225. The Hall–Kier alpha value is -2.31. The summed E-state index contributed by atoms with van der Waals surface area (Å²) in [7, 11) is 1.55. The number of methoxy groups -OCH3 is 1.